The highest BCUT2D eigenvalue weighted by atomic mass is 32.1. The van der Waals surface area contributed by atoms with Crippen molar-refractivity contribution in [3.05, 3.63) is 22.7 Å². The van der Waals surface area contributed by atoms with Gasteiger partial charge in [0.2, 0.25) is 17.7 Å². The standard InChI is InChI=1S/C16H21N3O3S/c1-21-10-12-3-2-7-19(9-12)15(20)5-4-14-17-18-16(22-14)13-6-8-23-11-13/h6,8,11-12H,2-5,7,9-10H2,1H3/t12-/m0/s1. The van der Waals surface area contributed by atoms with Gasteiger partial charge in [0.25, 0.3) is 0 Å². The molecule has 6 nitrogen and oxygen atoms in total. The molecule has 1 aliphatic rings. The minimum atomic E-state index is 0.154. The summed E-state index contributed by atoms with van der Waals surface area (Å²) in [6, 6.07) is 1.94. The highest BCUT2D eigenvalue weighted by molar-refractivity contribution is 7.08. The average molecular weight is 335 g/mol. The zero-order valence-corrected chi connectivity index (χ0v) is 14.1. The number of amides is 1. The second kappa shape index (κ2) is 7.70. The number of methoxy groups -OCH3 is 1. The molecule has 1 amide bonds. The minimum absolute atomic E-state index is 0.154. The van der Waals surface area contributed by atoms with E-state index in [9.17, 15) is 4.79 Å². The van der Waals surface area contributed by atoms with E-state index in [1.165, 1.54) is 0 Å². The molecule has 23 heavy (non-hydrogen) atoms. The van der Waals surface area contributed by atoms with Crippen molar-refractivity contribution < 1.29 is 13.9 Å². The molecule has 7 heteroatoms. The maximum atomic E-state index is 12.4. The zero-order chi connectivity index (χ0) is 16.1. The Labute approximate surface area is 139 Å². The third-order valence-corrected chi connectivity index (χ3v) is 4.75. The summed E-state index contributed by atoms with van der Waals surface area (Å²) in [5.74, 6) is 1.64. The van der Waals surface area contributed by atoms with Crippen molar-refractivity contribution in [3.63, 3.8) is 0 Å². The SMILES string of the molecule is COC[C@H]1CCCN(C(=O)CCc2nnc(-c3ccsc3)o2)C1. The van der Waals surface area contributed by atoms with Crippen LogP contribution in [-0.4, -0.2) is 47.8 Å². The first-order valence-corrected chi connectivity index (χ1v) is 8.82. The Bertz CT molecular complexity index is 624. The second-order valence-corrected chi connectivity index (χ2v) is 6.60. The maximum Gasteiger partial charge on any atom is 0.248 e. The molecule has 0 saturated carbocycles. The number of hydrogen-bond donors (Lipinski definition) is 0. The number of thiophene rings is 1. The van der Waals surface area contributed by atoms with Gasteiger partial charge in [-0.25, -0.2) is 0 Å². The van der Waals surface area contributed by atoms with Gasteiger partial charge < -0.3 is 14.1 Å². The maximum absolute atomic E-state index is 12.4. The topological polar surface area (TPSA) is 68.5 Å². The van der Waals surface area contributed by atoms with E-state index in [4.69, 9.17) is 9.15 Å². The van der Waals surface area contributed by atoms with Gasteiger partial charge in [0.1, 0.15) is 0 Å². The summed E-state index contributed by atoms with van der Waals surface area (Å²) in [6.45, 7) is 2.34. The first kappa shape index (κ1) is 16.1. The fourth-order valence-electron chi connectivity index (χ4n) is 2.89. The molecule has 0 bridgehead atoms. The van der Waals surface area contributed by atoms with Crippen LogP contribution in [0.2, 0.25) is 0 Å². The molecule has 1 fully saturated rings. The van der Waals surface area contributed by atoms with Crippen molar-refractivity contribution >= 4 is 17.2 Å². The van der Waals surface area contributed by atoms with Crippen molar-refractivity contribution in [1.29, 1.82) is 0 Å². The van der Waals surface area contributed by atoms with Crippen molar-refractivity contribution in [2.75, 3.05) is 26.8 Å². The highest BCUT2D eigenvalue weighted by Crippen LogP contribution is 2.21. The molecule has 1 aliphatic heterocycles. The fraction of sp³-hybridized carbons (Fsp3) is 0.562. The molecule has 0 aromatic carbocycles. The lowest BCUT2D eigenvalue weighted by Crippen LogP contribution is -2.41. The van der Waals surface area contributed by atoms with Crippen molar-refractivity contribution in [1.82, 2.24) is 15.1 Å². The monoisotopic (exact) mass is 335 g/mol. The molecule has 1 saturated heterocycles. The molecule has 0 spiro atoms. The van der Waals surface area contributed by atoms with Crippen LogP contribution < -0.4 is 0 Å². The molecule has 3 rings (SSSR count). The number of likely N-dealkylation sites (tertiary alicyclic amines) is 1. The number of rotatable bonds is 6. The zero-order valence-electron chi connectivity index (χ0n) is 13.2. The predicted octanol–water partition coefficient (Wildman–Crippen LogP) is 2.62. The van der Waals surface area contributed by atoms with Crippen LogP contribution in [0.15, 0.2) is 21.2 Å². The Hall–Kier alpha value is -1.73. The Kier molecular flexibility index (Phi) is 5.40. The number of aryl methyl sites for hydroxylation is 1. The number of carbonyl (C=O) groups excluding carboxylic acids is 1. The first-order valence-electron chi connectivity index (χ1n) is 7.88. The van der Waals surface area contributed by atoms with Gasteiger partial charge in [-0.15, -0.1) is 10.2 Å². The third-order valence-electron chi connectivity index (χ3n) is 4.06. The number of ether oxygens (including phenoxy) is 1. The smallest absolute Gasteiger partial charge is 0.248 e. The summed E-state index contributed by atoms with van der Waals surface area (Å²) >= 11 is 1.59. The Morgan fingerprint density at radius 3 is 3.22 bits per heavy atom. The van der Waals surface area contributed by atoms with Crippen molar-refractivity contribution in [2.45, 2.75) is 25.7 Å². The summed E-state index contributed by atoms with van der Waals surface area (Å²) in [6.07, 6.45) is 3.07. The van der Waals surface area contributed by atoms with E-state index in [0.717, 1.165) is 38.1 Å². The minimum Gasteiger partial charge on any atom is -0.421 e. The van der Waals surface area contributed by atoms with Crippen LogP contribution in [0.1, 0.15) is 25.2 Å². The summed E-state index contributed by atoms with van der Waals surface area (Å²) in [5.41, 5.74) is 0.929. The lowest BCUT2D eigenvalue weighted by atomic mass is 9.98. The van der Waals surface area contributed by atoms with Crippen LogP contribution in [-0.2, 0) is 16.0 Å². The largest absolute Gasteiger partial charge is 0.421 e. The van der Waals surface area contributed by atoms with Crippen LogP contribution in [0, 0.1) is 5.92 Å². The summed E-state index contributed by atoms with van der Waals surface area (Å²) < 4.78 is 10.8. The van der Waals surface area contributed by atoms with Crippen LogP contribution >= 0.6 is 11.3 Å². The van der Waals surface area contributed by atoms with Gasteiger partial charge in [0.15, 0.2) is 0 Å². The van der Waals surface area contributed by atoms with Gasteiger partial charge in [-0.1, -0.05) is 0 Å². The lowest BCUT2D eigenvalue weighted by Gasteiger charge is -2.32. The Morgan fingerprint density at radius 2 is 2.43 bits per heavy atom. The van der Waals surface area contributed by atoms with E-state index < -0.39 is 0 Å². The van der Waals surface area contributed by atoms with Gasteiger partial charge in [0.05, 0.1) is 6.61 Å². The lowest BCUT2D eigenvalue weighted by molar-refractivity contribution is -0.133. The first-order chi connectivity index (χ1) is 11.3. The van der Waals surface area contributed by atoms with E-state index in [-0.39, 0.29) is 5.91 Å². The average Bonchev–Trinajstić information content (AvgIpc) is 3.24. The van der Waals surface area contributed by atoms with Gasteiger partial charge in [-0.3, -0.25) is 4.79 Å². The molecule has 1 atom stereocenters. The van der Waals surface area contributed by atoms with Crippen LogP contribution in [0.25, 0.3) is 11.5 Å². The number of piperidine rings is 1. The van der Waals surface area contributed by atoms with Gasteiger partial charge in [0, 0.05) is 44.0 Å². The van der Waals surface area contributed by atoms with Crippen LogP contribution in [0.4, 0.5) is 0 Å². The van der Waals surface area contributed by atoms with E-state index in [1.54, 1.807) is 18.4 Å². The van der Waals surface area contributed by atoms with Gasteiger partial charge in [-0.05, 0) is 30.2 Å². The second-order valence-electron chi connectivity index (χ2n) is 5.82. The quantitative estimate of drug-likeness (QED) is 0.812. The van der Waals surface area contributed by atoms with E-state index in [1.807, 2.05) is 21.7 Å². The van der Waals surface area contributed by atoms with E-state index in [0.29, 0.717) is 30.5 Å². The van der Waals surface area contributed by atoms with Crippen LogP contribution in [0.5, 0.6) is 0 Å². The highest BCUT2D eigenvalue weighted by Gasteiger charge is 2.23. The predicted molar refractivity (Wildman–Crippen MR) is 87.1 cm³/mol. The van der Waals surface area contributed by atoms with Crippen LogP contribution in [0.3, 0.4) is 0 Å². The molecule has 0 aliphatic carbocycles. The number of aromatic nitrogens is 2. The summed E-state index contributed by atoms with van der Waals surface area (Å²) in [5, 5.41) is 12.0. The van der Waals surface area contributed by atoms with Crippen molar-refractivity contribution in [3.8, 4) is 11.5 Å². The molecule has 0 unspecified atom stereocenters. The third kappa shape index (κ3) is 4.17. The summed E-state index contributed by atoms with van der Waals surface area (Å²) in [4.78, 5) is 14.3. The number of hydrogen-bond acceptors (Lipinski definition) is 6. The van der Waals surface area contributed by atoms with E-state index >= 15 is 0 Å². The Balaban J connectivity index is 1.51. The van der Waals surface area contributed by atoms with Gasteiger partial charge >= 0.3 is 0 Å². The van der Waals surface area contributed by atoms with Crippen molar-refractivity contribution in [2.24, 2.45) is 5.92 Å². The molecule has 2 aromatic heterocycles. The summed E-state index contributed by atoms with van der Waals surface area (Å²) in [7, 11) is 1.71. The molecule has 2 aromatic rings. The molecule has 3 heterocycles. The number of nitrogens with zero attached hydrogens (tertiary/aromatic N) is 3. The molecule has 0 radical (unpaired) electrons. The number of carbonyl (C=O) groups is 1. The molecular formula is C16H21N3O3S. The van der Waals surface area contributed by atoms with Gasteiger partial charge in [-0.2, -0.15) is 11.3 Å². The molecular weight excluding hydrogens is 314 g/mol. The molecule has 0 N–H and O–H groups in total. The fourth-order valence-corrected chi connectivity index (χ4v) is 3.52. The molecule has 124 valence electrons. The normalized spacial score (nSPS) is 18.3. The van der Waals surface area contributed by atoms with E-state index in [2.05, 4.69) is 10.2 Å². The Morgan fingerprint density at radius 1 is 1.52 bits per heavy atom.